The smallest absolute Gasteiger partial charge is 0.148 e. The Hall–Kier alpha value is -0.300. The van der Waals surface area contributed by atoms with Crippen LogP contribution in [0.1, 0.15) is 11.5 Å². The number of hydrogen-bond acceptors (Lipinski definition) is 3. The van der Waals surface area contributed by atoms with E-state index in [1.54, 1.807) is 12.1 Å². The molecule has 0 bridgehead atoms. The first-order valence-corrected chi connectivity index (χ1v) is 7.44. The van der Waals surface area contributed by atoms with Crippen LogP contribution in [0.3, 0.4) is 0 Å². The van der Waals surface area contributed by atoms with Gasteiger partial charge in [0.15, 0.2) is 0 Å². The molecule has 18 heavy (non-hydrogen) atoms. The summed E-state index contributed by atoms with van der Waals surface area (Å²) in [6.07, 6.45) is 0. The molecule has 0 aliphatic heterocycles. The molecule has 1 heterocycles. The maximum Gasteiger partial charge on any atom is 0.148 e. The van der Waals surface area contributed by atoms with Crippen molar-refractivity contribution in [2.24, 2.45) is 0 Å². The van der Waals surface area contributed by atoms with E-state index in [-0.39, 0.29) is 6.61 Å². The molecule has 96 valence electrons. The Morgan fingerprint density at radius 1 is 1.06 bits per heavy atom. The van der Waals surface area contributed by atoms with E-state index < -0.39 is 0 Å². The number of aliphatic hydroxyl groups is 1. The zero-order valence-corrected chi connectivity index (χ0v) is 13.9. The van der Waals surface area contributed by atoms with Gasteiger partial charge in [0.1, 0.15) is 30.5 Å². The average Bonchev–Trinajstić information content (AvgIpc) is 2.75. The summed E-state index contributed by atoms with van der Waals surface area (Å²) in [7, 11) is 0. The standard InChI is InChI=1S/C12H9Br3O3/c13-7-3-10(14)12(11(15)4-7)17-6-9-2-1-8(5-16)18-9/h1-4,16H,5-6H2. The van der Waals surface area contributed by atoms with E-state index in [1.807, 2.05) is 12.1 Å². The molecule has 0 saturated carbocycles. The van der Waals surface area contributed by atoms with Crippen molar-refractivity contribution in [2.75, 3.05) is 0 Å². The summed E-state index contributed by atoms with van der Waals surface area (Å²) in [5, 5.41) is 8.90. The van der Waals surface area contributed by atoms with Crippen LogP contribution >= 0.6 is 47.8 Å². The van der Waals surface area contributed by atoms with Crippen molar-refractivity contribution in [3.05, 3.63) is 49.2 Å². The van der Waals surface area contributed by atoms with E-state index in [0.717, 1.165) is 13.4 Å². The highest BCUT2D eigenvalue weighted by molar-refractivity contribution is 9.11. The first-order chi connectivity index (χ1) is 8.60. The third-order valence-electron chi connectivity index (χ3n) is 2.19. The largest absolute Gasteiger partial charge is 0.483 e. The van der Waals surface area contributed by atoms with Crippen LogP contribution < -0.4 is 4.74 Å². The van der Waals surface area contributed by atoms with E-state index in [0.29, 0.717) is 23.9 Å². The molecule has 0 aliphatic rings. The molecule has 1 aromatic heterocycles. The normalized spacial score (nSPS) is 10.7. The third-order valence-corrected chi connectivity index (χ3v) is 3.83. The minimum atomic E-state index is -0.105. The summed E-state index contributed by atoms with van der Waals surface area (Å²) >= 11 is 10.3. The zero-order valence-electron chi connectivity index (χ0n) is 9.12. The molecule has 0 aliphatic carbocycles. The van der Waals surface area contributed by atoms with E-state index in [4.69, 9.17) is 14.3 Å². The molecule has 2 aromatic rings. The molecule has 0 unspecified atom stereocenters. The van der Waals surface area contributed by atoms with E-state index in [2.05, 4.69) is 47.8 Å². The van der Waals surface area contributed by atoms with Crippen molar-refractivity contribution < 1.29 is 14.3 Å². The van der Waals surface area contributed by atoms with Gasteiger partial charge in [-0.05, 0) is 56.1 Å². The van der Waals surface area contributed by atoms with Crippen LogP contribution in [0.15, 0.2) is 42.1 Å². The molecule has 0 atom stereocenters. The zero-order chi connectivity index (χ0) is 13.1. The fourth-order valence-corrected chi connectivity index (χ4v) is 3.88. The molecule has 1 aromatic carbocycles. The van der Waals surface area contributed by atoms with Gasteiger partial charge in [-0.1, -0.05) is 15.9 Å². The number of rotatable bonds is 4. The van der Waals surface area contributed by atoms with E-state index >= 15 is 0 Å². The minimum Gasteiger partial charge on any atom is -0.483 e. The number of hydrogen-bond donors (Lipinski definition) is 1. The summed E-state index contributed by atoms with van der Waals surface area (Å²) in [5.41, 5.74) is 0. The molecular formula is C12H9Br3O3. The van der Waals surface area contributed by atoms with Crippen molar-refractivity contribution in [3.63, 3.8) is 0 Å². The Bertz CT molecular complexity index is 528. The van der Waals surface area contributed by atoms with Crippen molar-refractivity contribution in [1.82, 2.24) is 0 Å². The molecule has 6 heteroatoms. The average molecular weight is 441 g/mol. The van der Waals surface area contributed by atoms with Crippen LogP contribution in [0, 0.1) is 0 Å². The summed E-state index contributed by atoms with van der Waals surface area (Å²) in [4.78, 5) is 0. The maximum atomic E-state index is 8.90. The van der Waals surface area contributed by atoms with Gasteiger partial charge in [-0.2, -0.15) is 0 Å². The topological polar surface area (TPSA) is 42.6 Å². The van der Waals surface area contributed by atoms with Crippen LogP contribution in [-0.2, 0) is 13.2 Å². The third kappa shape index (κ3) is 3.38. The maximum absolute atomic E-state index is 8.90. The van der Waals surface area contributed by atoms with Crippen molar-refractivity contribution >= 4 is 47.8 Å². The van der Waals surface area contributed by atoms with Gasteiger partial charge in [0.2, 0.25) is 0 Å². The Morgan fingerprint density at radius 2 is 1.67 bits per heavy atom. The molecule has 0 saturated heterocycles. The van der Waals surface area contributed by atoms with Gasteiger partial charge in [0.25, 0.3) is 0 Å². The quantitative estimate of drug-likeness (QED) is 0.753. The molecule has 1 N–H and O–H groups in total. The van der Waals surface area contributed by atoms with Crippen molar-refractivity contribution in [3.8, 4) is 5.75 Å². The van der Waals surface area contributed by atoms with Gasteiger partial charge in [-0.3, -0.25) is 0 Å². The first kappa shape index (κ1) is 14.1. The molecular weight excluding hydrogens is 432 g/mol. The lowest BCUT2D eigenvalue weighted by Gasteiger charge is -2.09. The lowest BCUT2D eigenvalue weighted by molar-refractivity contribution is 0.224. The molecule has 0 radical (unpaired) electrons. The summed E-state index contributed by atoms with van der Waals surface area (Å²) in [5.74, 6) is 1.91. The predicted octanol–water partition coefficient (Wildman–Crippen LogP) is 4.64. The molecule has 0 fully saturated rings. The second-order valence-corrected chi connectivity index (χ2v) is 6.14. The van der Waals surface area contributed by atoms with Crippen LogP contribution in [0.2, 0.25) is 0 Å². The summed E-state index contributed by atoms with van der Waals surface area (Å²) in [6, 6.07) is 7.32. The Balaban J connectivity index is 2.10. The van der Waals surface area contributed by atoms with Crippen molar-refractivity contribution in [1.29, 1.82) is 0 Å². The number of furan rings is 1. The van der Waals surface area contributed by atoms with Crippen LogP contribution in [0.4, 0.5) is 0 Å². The second-order valence-electron chi connectivity index (χ2n) is 3.51. The molecule has 0 amide bonds. The van der Waals surface area contributed by atoms with Crippen molar-refractivity contribution in [2.45, 2.75) is 13.2 Å². The van der Waals surface area contributed by atoms with Gasteiger partial charge in [-0.25, -0.2) is 0 Å². The summed E-state index contributed by atoms with van der Waals surface area (Å²) < 4.78 is 13.7. The predicted molar refractivity (Wildman–Crippen MR) is 78.5 cm³/mol. The number of halogens is 3. The van der Waals surface area contributed by atoms with Gasteiger partial charge in [-0.15, -0.1) is 0 Å². The summed E-state index contributed by atoms with van der Waals surface area (Å²) in [6.45, 7) is 0.199. The Morgan fingerprint density at radius 3 is 2.22 bits per heavy atom. The van der Waals surface area contributed by atoms with Gasteiger partial charge >= 0.3 is 0 Å². The number of aliphatic hydroxyl groups excluding tert-OH is 1. The SMILES string of the molecule is OCc1ccc(COc2c(Br)cc(Br)cc2Br)o1. The molecule has 3 nitrogen and oxygen atoms in total. The fourth-order valence-electron chi connectivity index (χ4n) is 1.40. The van der Waals surface area contributed by atoms with E-state index in [9.17, 15) is 0 Å². The first-order valence-electron chi connectivity index (χ1n) is 5.06. The highest BCUT2D eigenvalue weighted by Crippen LogP contribution is 2.36. The highest BCUT2D eigenvalue weighted by Gasteiger charge is 2.09. The van der Waals surface area contributed by atoms with E-state index in [1.165, 1.54) is 0 Å². The highest BCUT2D eigenvalue weighted by atomic mass is 79.9. The monoisotopic (exact) mass is 438 g/mol. The molecule has 0 spiro atoms. The number of benzene rings is 1. The Labute approximate surface area is 130 Å². The lowest BCUT2D eigenvalue weighted by Crippen LogP contribution is -1.95. The van der Waals surface area contributed by atoms with Crippen LogP contribution in [-0.4, -0.2) is 5.11 Å². The van der Waals surface area contributed by atoms with Crippen LogP contribution in [0.5, 0.6) is 5.75 Å². The molecule has 2 rings (SSSR count). The van der Waals surface area contributed by atoms with Gasteiger partial charge < -0.3 is 14.3 Å². The van der Waals surface area contributed by atoms with Gasteiger partial charge in [0, 0.05) is 4.47 Å². The lowest BCUT2D eigenvalue weighted by atomic mass is 10.3. The fraction of sp³-hybridized carbons (Fsp3) is 0.167. The Kier molecular flexibility index (Phi) is 4.89. The minimum absolute atomic E-state index is 0.105. The van der Waals surface area contributed by atoms with Crippen LogP contribution in [0.25, 0.3) is 0 Å². The van der Waals surface area contributed by atoms with Gasteiger partial charge in [0.05, 0.1) is 8.95 Å². The number of ether oxygens (including phenoxy) is 1. The second kappa shape index (κ2) is 6.23.